The lowest BCUT2D eigenvalue weighted by atomic mass is 10.1. The topological polar surface area (TPSA) is 55.9 Å². The van der Waals surface area contributed by atoms with Crippen molar-refractivity contribution in [2.24, 2.45) is 0 Å². The molecule has 0 aliphatic carbocycles. The molecule has 2 aromatic heterocycles. The number of nitrogens with one attached hydrogen (secondary N) is 1. The largest absolute Gasteiger partial charge is 0.338 e. The lowest BCUT2D eigenvalue weighted by molar-refractivity contribution is 0.0304. The van der Waals surface area contributed by atoms with Gasteiger partial charge in [-0.25, -0.2) is 4.39 Å². The lowest BCUT2D eigenvalue weighted by Crippen LogP contribution is -2.31. The highest BCUT2D eigenvalue weighted by atomic mass is 19.3. The zero-order valence-electron chi connectivity index (χ0n) is 13.3. The van der Waals surface area contributed by atoms with Crippen LogP contribution in [0.2, 0.25) is 0 Å². The second kappa shape index (κ2) is 5.73. The predicted molar refractivity (Wildman–Crippen MR) is 83.5 cm³/mol. The van der Waals surface area contributed by atoms with Gasteiger partial charge in [-0.2, -0.15) is 13.8 Å². The van der Waals surface area contributed by atoms with Crippen LogP contribution in [0.1, 0.15) is 30.0 Å². The number of alkyl halides is 2. The highest BCUT2D eigenvalue weighted by molar-refractivity contribution is 5.51. The molecule has 0 saturated carbocycles. The summed E-state index contributed by atoms with van der Waals surface area (Å²) in [5.74, 6) is -4.76. The van der Waals surface area contributed by atoms with E-state index in [-0.39, 0.29) is 11.9 Å². The fourth-order valence-corrected chi connectivity index (χ4v) is 3.04. The number of halogens is 3. The molecule has 25 heavy (non-hydrogen) atoms. The van der Waals surface area contributed by atoms with Gasteiger partial charge in [0.2, 0.25) is 5.82 Å². The van der Waals surface area contributed by atoms with Crippen LogP contribution in [0.5, 0.6) is 0 Å². The van der Waals surface area contributed by atoms with Gasteiger partial charge in [0.1, 0.15) is 11.5 Å². The van der Waals surface area contributed by atoms with E-state index in [0.717, 1.165) is 36.5 Å². The third-order valence-electron chi connectivity index (χ3n) is 4.38. The monoisotopic (exact) mass is 348 g/mol. The molecule has 1 aliphatic rings. The van der Waals surface area contributed by atoms with Gasteiger partial charge < -0.3 is 14.4 Å². The van der Waals surface area contributed by atoms with Gasteiger partial charge in [-0.3, -0.25) is 0 Å². The van der Waals surface area contributed by atoms with Gasteiger partial charge in [0, 0.05) is 30.4 Å². The number of hydrogen-bond acceptors (Lipinski definition) is 4. The van der Waals surface area contributed by atoms with E-state index in [4.69, 9.17) is 4.52 Å². The van der Waals surface area contributed by atoms with E-state index in [9.17, 15) is 13.2 Å². The van der Waals surface area contributed by atoms with Gasteiger partial charge >= 0.3 is 5.92 Å². The molecule has 0 bridgehead atoms. The van der Waals surface area contributed by atoms with Gasteiger partial charge in [0.25, 0.3) is 5.89 Å². The molecule has 8 heteroatoms. The molecule has 5 nitrogen and oxygen atoms in total. The molecule has 1 aliphatic heterocycles. The van der Waals surface area contributed by atoms with Crippen LogP contribution in [0.4, 0.5) is 13.2 Å². The highest BCUT2D eigenvalue weighted by Gasteiger charge is 2.40. The molecule has 4 rings (SSSR count). The zero-order valence-corrected chi connectivity index (χ0v) is 13.3. The van der Waals surface area contributed by atoms with Crippen LogP contribution < -0.4 is 5.32 Å². The van der Waals surface area contributed by atoms with Crippen molar-refractivity contribution in [2.45, 2.75) is 25.4 Å². The van der Waals surface area contributed by atoms with Crippen LogP contribution in [-0.4, -0.2) is 21.3 Å². The first-order valence-corrected chi connectivity index (χ1v) is 7.88. The van der Waals surface area contributed by atoms with Crippen LogP contribution in [0.3, 0.4) is 0 Å². The van der Waals surface area contributed by atoms with Crippen LogP contribution in [0.15, 0.2) is 40.9 Å². The minimum Gasteiger partial charge on any atom is -0.338 e. The van der Waals surface area contributed by atoms with Crippen molar-refractivity contribution >= 4 is 0 Å². The summed E-state index contributed by atoms with van der Waals surface area (Å²) in [4.78, 5) is 3.89. The molecule has 0 fully saturated rings. The summed E-state index contributed by atoms with van der Waals surface area (Å²) >= 11 is 0. The average Bonchev–Trinajstić information content (AvgIpc) is 3.22. The molecule has 0 spiro atoms. The van der Waals surface area contributed by atoms with E-state index >= 15 is 0 Å². The van der Waals surface area contributed by atoms with Crippen molar-refractivity contribution < 1.29 is 17.7 Å². The highest BCUT2D eigenvalue weighted by Crippen LogP contribution is 2.35. The third kappa shape index (κ3) is 2.62. The molecule has 0 amide bonds. The van der Waals surface area contributed by atoms with Gasteiger partial charge in [-0.15, -0.1) is 0 Å². The van der Waals surface area contributed by atoms with Gasteiger partial charge in [-0.05, 0) is 43.3 Å². The van der Waals surface area contributed by atoms with Crippen molar-refractivity contribution in [1.29, 1.82) is 0 Å². The number of aromatic nitrogens is 3. The van der Waals surface area contributed by atoms with E-state index in [2.05, 4.69) is 15.5 Å². The van der Waals surface area contributed by atoms with E-state index in [1.54, 1.807) is 6.07 Å². The Bertz CT molecular complexity index is 901. The third-order valence-corrected chi connectivity index (χ3v) is 4.38. The number of fused-ring (bicyclic) bond motifs is 1. The standard InChI is InChI=1S/C17H15F3N4O/c1-10-13-6-7-14(24(13)9-8-21-10)15-22-16(23-25-15)17(19,20)11-2-4-12(18)5-3-11/h2-7,10,21H,8-9H2,1H3. The average molecular weight is 348 g/mol. The molecular weight excluding hydrogens is 333 g/mol. The first-order valence-electron chi connectivity index (χ1n) is 7.88. The predicted octanol–water partition coefficient (Wildman–Crippen LogP) is 3.48. The Labute approximate surface area is 141 Å². The quantitative estimate of drug-likeness (QED) is 0.787. The zero-order chi connectivity index (χ0) is 17.6. The molecule has 1 atom stereocenters. The first-order chi connectivity index (χ1) is 12.0. The fourth-order valence-electron chi connectivity index (χ4n) is 3.04. The van der Waals surface area contributed by atoms with Gasteiger partial charge in [0.15, 0.2) is 0 Å². The Hall–Kier alpha value is -2.61. The normalized spacial score (nSPS) is 17.5. The molecule has 3 aromatic rings. The number of nitrogens with zero attached hydrogens (tertiary/aromatic N) is 3. The smallest absolute Gasteiger partial charge is 0.335 e. The van der Waals surface area contributed by atoms with Crippen molar-refractivity contribution in [1.82, 2.24) is 20.0 Å². The van der Waals surface area contributed by atoms with Gasteiger partial charge in [-0.1, -0.05) is 5.16 Å². The minimum absolute atomic E-state index is 0.0390. The lowest BCUT2D eigenvalue weighted by Gasteiger charge is -2.24. The van der Waals surface area contributed by atoms with Gasteiger partial charge in [0.05, 0.1) is 0 Å². The number of hydrogen-bond donors (Lipinski definition) is 1. The Kier molecular flexibility index (Phi) is 3.64. The van der Waals surface area contributed by atoms with E-state index in [0.29, 0.717) is 12.2 Å². The van der Waals surface area contributed by atoms with E-state index in [1.165, 1.54) is 0 Å². The SMILES string of the molecule is CC1NCCn2c(-c3nc(C(F)(F)c4ccc(F)cc4)no3)ccc21. The van der Waals surface area contributed by atoms with Crippen LogP contribution in [0.25, 0.3) is 11.6 Å². The maximum atomic E-state index is 14.6. The van der Waals surface area contributed by atoms with Crippen molar-refractivity contribution in [3.05, 3.63) is 59.3 Å². The Morgan fingerprint density at radius 3 is 2.72 bits per heavy atom. The van der Waals surface area contributed by atoms with E-state index in [1.807, 2.05) is 17.6 Å². The summed E-state index contributed by atoms with van der Waals surface area (Å²) in [6.07, 6.45) is 0. The second-order valence-electron chi connectivity index (χ2n) is 5.98. The van der Waals surface area contributed by atoms with Crippen molar-refractivity contribution in [2.75, 3.05) is 6.54 Å². The van der Waals surface area contributed by atoms with Crippen molar-refractivity contribution in [3.8, 4) is 11.6 Å². The van der Waals surface area contributed by atoms with Crippen LogP contribution in [-0.2, 0) is 12.5 Å². The molecule has 1 unspecified atom stereocenters. The number of benzene rings is 1. The molecule has 1 N–H and O–H groups in total. The minimum atomic E-state index is -3.47. The Morgan fingerprint density at radius 2 is 1.96 bits per heavy atom. The van der Waals surface area contributed by atoms with Crippen LogP contribution >= 0.6 is 0 Å². The Morgan fingerprint density at radius 1 is 1.20 bits per heavy atom. The second-order valence-corrected chi connectivity index (χ2v) is 5.98. The summed E-state index contributed by atoms with van der Waals surface area (Å²) in [5, 5.41) is 6.77. The van der Waals surface area contributed by atoms with E-state index < -0.39 is 23.1 Å². The maximum Gasteiger partial charge on any atom is 0.335 e. The summed E-state index contributed by atoms with van der Waals surface area (Å²) in [7, 11) is 0. The summed E-state index contributed by atoms with van der Waals surface area (Å²) < 4.78 is 49.1. The molecule has 3 heterocycles. The molecule has 130 valence electrons. The molecule has 0 saturated heterocycles. The summed E-state index contributed by atoms with van der Waals surface area (Å²) in [6.45, 7) is 3.48. The maximum absolute atomic E-state index is 14.6. The molecule has 0 radical (unpaired) electrons. The fraction of sp³-hybridized carbons (Fsp3) is 0.294. The van der Waals surface area contributed by atoms with Crippen molar-refractivity contribution in [3.63, 3.8) is 0 Å². The first kappa shape index (κ1) is 15.9. The molecular formula is C17H15F3N4O. The number of rotatable bonds is 3. The van der Waals surface area contributed by atoms with Crippen LogP contribution in [0, 0.1) is 5.82 Å². The molecule has 1 aromatic carbocycles. The summed E-state index contributed by atoms with van der Waals surface area (Å²) in [6, 6.07) is 7.82. The Balaban J connectivity index is 1.70. The summed E-state index contributed by atoms with van der Waals surface area (Å²) in [5.41, 5.74) is 1.25.